The predicted molar refractivity (Wildman–Crippen MR) is 96.2 cm³/mol. The van der Waals surface area contributed by atoms with Gasteiger partial charge in [0.2, 0.25) is 0 Å². The van der Waals surface area contributed by atoms with Crippen LogP contribution in [0.5, 0.6) is 0 Å². The smallest absolute Gasteiger partial charge is 0.126 e. The molecule has 0 saturated carbocycles. The lowest BCUT2D eigenvalue weighted by Crippen LogP contribution is -2.54. The molecule has 0 bridgehead atoms. The van der Waals surface area contributed by atoms with Gasteiger partial charge in [-0.2, -0.15) is 0 Å². The van der Waals surface area contributed by atoms with Crippen LogP contribution < -0.4 is 0 Å². The van der Waals surface area contributed by atoms with Crippen LogP contribution in [0.2, 0.25) is 0 Å². The fourth-order valence-electron chi connectivity index (χ4n) is 4.26. The van der Waals surface area contributed by atoms with E-state index in [2.05, 4.69) is 11.0 Å². The van der Waals surface area contributed by atoms with Crippen molar-refractivity contribution in [3.8, 4) is 11.3 Å². The Labute approximate surface area is 152 Å². The van der Waals surface area contributed by atoms with Crippen LogP contribution >= 0.6 is 0 Å². The minimum absolute atomic E-state index is 0.188. The Kier molecular flexibility index (Phi) is 3.85. The summed E-state index contributed by atoms with van der Waals surface area (Å²) in [6.45, 7) is 6.13. The van der Waals surface area contributed by atoms with Crippen molar-refractivity contribution in [2.75, 3.05) is 26.3 Å². The molecule has 1 spiro atoms. The minimum Gasteiger partial charge on any atom is -0.378 e. The molecule has 3 aliphatic heterocycles. The maximum absolute atomic E-state index is 14.0. The molecule has 2 saturated heterocycles. The van der Waals surface area contributed by atoms with Crippen molar-refractivity contribution in [2.24, 2.45) is 0 Å². The Balaban J connectivity index is 1.44. The first-order chi connectivity index (χ1) is 12.6. The first-order valence-corrected chi connectivity index (χ1v) is 9.37. The van der Waals surface area contributed by atoms with Crippen LogP contribution in [0.15, 0.2) is 30.3 Å². The van der Waals surface area contributed by atoms with E-state index >= 15 is 0 Å². The molecule has 2 aromatic rings. The number of aryl methyl sites for hydroxylation is 1. The summed E-state index contributed by atoms with van der Waals surface area (Å²) in [5.74, 6) is -0.188. The zero-order chi connectivity index (χ0) is 17.7. The molecule has 0 radical (unpaired) electrons. The van der Waals surface area contributed by atoms with Crippen LogP contribution in [-0.2, 0) is 21.7 Å². The molecule has 0 atom stereocenters. The van der Waals surface area contributed by atoms with Gasteiger partial charge in [0.05, 0.1) is 37.3 Å². The van der Waals surface area contributed by atoms with Crippen molar-refractivity contribution in [2.45, 2.75) is 38.0 Å². The summed E-state index contributed by atoms with van der Waals surface area (Å²) >= 11 is 0. The molecule has 0 amide bonds. The molecule has 5 heteroatoms. The average Bonchev–Trinajstić information content (AvgIpc) is 2.96. The van der Waals surface area contributed by atoms with Gasteiger partial charge in [-0.3, -0.25) is 4.90 Å². The highest BCUT2D eigenvalue weighted by molar-refractivity contribution is 5.61. The summed E-state index contributed by atoms with van der Waals surface area (Å²) in [6, 6.07) is 9.97. The third-order valence-corrected chi connectivity index (χ3v) is 6.12. The topological polar surface area (TPSA) is 34.6 Å². The van der Waals surface area contributed by atoms with E-state index < -0.39 is 0 Å². The number of rotatable bonds is 2. The Morgan fingerprint density at radius 3 is 2.65 bits per heavy atom. The number of likely N-dealkylation sites (tertiary alicyclic amines) is 1. The van der Waals surface area contributed by atoms with Gasteiger partial charge in [-0.25, -0.2) is 9.37 Å². The molecule has 136 valence electrons. The molecule has 4 heterocycles. The van der Waals surface area contributed by atoms with Crippen molar-refractivity contribution in [1.82, 2.24) is 9.88 Å². The summed E-state index contributed by atoms with van der Waals surface area (Å²) in [4.78, 5) is 7.45. The summed E-state index contributed by atoms with van der Waals surface area (Å²) in [6.07, 6.45) is 1.91. The second-order valence-corrected chi connectivity index (χ2v) is 7.68. The van der Waals surface area contributed by atoms with Gasteiger partial charge >= 0.3 is 0 Å². The maximum atomic E-state index is 14.0. The summed E-state index contributed by atoms with van der Waals surface area (Å²) in [7, 11) is 0. The van der Waals surface area contributed by atoms with Gasteiger partial charge in [-0.1, -0.05) is 18.2 Å². The van der Waals surface area contributed by atoms with E-state index in [0.29, 0.717) is 18.2 Å². The number of hydrogen-bond acceptors (Lipinski definition) is 4. The summed E-state index contributed by atoms with van der Waals surface area (Å²) in [5.41, 5.74) is 4.24. The summed E-state index contributed by atoms with van der Waals surface area (Å²) in [5, 5.41) is 0. The molecular weight excluding hydrogens is 331 g/mol. The second-order valence-electron chi connectivity index (χ2n) is 7.68. The highest BCUT2D eigenvalue weighted by atomic mass is 19.1. The normalized spacial score (nSPS) is 22.4. The van der Waals surface area contributed by atoms with Gasteiger partial charge in [0.15, 0.2) is 0 Å². The monoisotopic (exact) mass is 354 g/mol. The number of benzene rings is 1. The Bertz CT molecular complexity index is 842. The highest BCUT2D eigenvalue weighted by Crippen LogP contribution is 2.44. The van der Waals surface area contributed by atoms with E-state index in [9.17, 15) is 4.39 Å². The van der Waals surface area contributed by atoms with Crippen LogP contribution in [0, 0.1) is 12.7 Å². The maximum Gasteiger partial charge on any atom is 0.126 e. The lowest BCUT2D eigenvalue weighted by molar-refractivity contribution is -0.120. The number of hydrogen-bond donors (Lipinski definition) is 0. The minimum atomic E-state index is -0.282. The highest BCUT2D eigenvalue weighted by Gasteiger charge is 2.45. The van der Waals surface area contributed by atoms with Crippen molar-refractivity contribution in [1.29, 1.82) is 0 Å². The molecular formula is C21H23FN2O2. The molecule has 3 aliphatic rings. The van der Waals surface area contributed by atoms with Crippen LogP contribution in [0.4, 0.5) is 4.39 Å². The van der Waals surface area contributed by atoms with Gasteiger partial charge in [0.25, 0.3) is 0 Å². The zero-order valence-electron chi connectivity index (χ0n) is 15.0. The molecule has 26 heavy (non-hydrogen) atoms. The third kappa shape index (κ3) is 2.57. The fraction of sp³-hybridized carbons (Fsp3) is 0.476. The van der Waals surface area contributed by atoms with E-state index in [1.54, 1.807) is 13.0 Å². The average molecular weight is 354 g/mol. The number of ether oxygens (including phenoxy) is 2. The quantitative estimate of drug-likeness (QED) is 0.828. The molecule has 4 nitrogen and oxygen atoms in total. The van der Waals surface area contributed by atoms with Crippen molar-refractivity contribution in [3.63, 3.8) is 0 Å². The summed E-state index contributed by atoms with van der Waals surface area (Å²) < 4.78 is 25.6. The molecule has 5 rings (SSSR count). The zero-order valence-corrected chi connectivity index (χ0v) is 15.0. The van der Waals surface area contributed by atoms with Crippen molar-refractivity contribution in [3.05, 3.63) is 53.0 Å². The van der Waals surface area contributed by atoms with E-state index in [1.807, 2.05) is 18.2 Å². The first kappa shape index (κ1) is 16.4. The SMILES string of the molecule is Cc1ccc(-c2ccc3c(n2)C2(CCN(C4COC4)CC2)OC3)cc1F. The molecule has 1 aromatic heterocycles. The number of halogens is 1. The molecule has 2 fully saturated rings. The van der Waals surface area contributed by atoms with Crippen LogP contribution in [0.25, 0.3) is 11.3 Å². The van der Waals surface area contributed by atoms with E-state index in [4.69, 9.17) is 14.5 Å². The van der Waals surface area contributed by atoms with E-state index in [1.165, 1.54) is 5.56 Å². The van der Waals surface area contributed by atoms with E-state index in [0.717, 1.165) is 56.1 Å². The first-order valence-electron chi connectivity index (χ1n) is 9.37. The Hall–Kier alpha value is -1.82. The number of aromatic nitrogens is 1. The lowest BCUT2D eigenvalue weighted by Gasteiger charge is -2.44. The number of nitrogens with zero attached hydrogens (tertiary/aromatic N) is 2. The number of fused-ring (bicyclic) bond motifs is 2. The number of pyridine rings is 1. The molecule has 1 aromatic carbocycles. The molecule has 0 unspecified atom stereocenters. The largest absolute Gasteiger partial charge is 0.378 e. The molecule has 0 aliphatic carbocycles. The lowest BCUT2D eigenvalue weighted by atomic mass is 9.86. The third-order valence-electron chi connectivity index (χ3n) is 6.12. The van der Waals surface area contributed by atoms with E-state index in [-0.39, 0.29) is 11.4 Å². The van der Waals surface area contributed by atoms with Gasteiger partial charge in [0, 0.05) is 24.2 Å². The van der Waals surface area contributed by atoms with Gasteiger partial charge in [-0.05, 0) is 37.5 Å². The van der Waals surface area contributed by atoms with Crippen LogP contribution in [-0.4, -0.2) is 42.2 Å². The van der Waals surface area contributed by atoms with Crippen LogP contribution in [0.1, 0.15) is 29.7 Å². The Morgan fingerprint density at radius 1 is 1.15 bits per heavy atom. The Morgan fingerprint density at radius 2 is 1.96 bits per heavy atom. The standard InChI is InChI=1S/C21H23FN2O2/c1-14-2-3-15(10-18(14)22)19-5-4-16-11-26-21(20(16)23-19)6-8-24(9-7-21)17-12-25-13-17/h2-5,10,17H,6-9,11-13H2,1H3. The molecule has 0 N–H and O–H groups in total. The van der Waals surface area contributed by atoms with Gasteiger partial charge < -0.3 is 9.47 Å². The van der Waals surface area contributed by atoms with Crippen molar-refractivity contribution < 1.29 is 13.9 Å². The van der Waals surface area contributed by atoms with Gasteiger partial charge in [0.1, 0.15) is 11.4 Å². The second kappa shape index (κ2) is 6.12. The predicted octanol–water partition coefficient (Wildman–Crippen LogP) is 3.42. The number of piperidine rings is 1. The van der Waals surface area contributed by atoms with Crippen LogP contribution in [0.3, 0.4) is 0 Å². The van der Waals surface area contributed by atoms with Crippen molar-refractivity contribution >= 4 is 0 Å². The fourth-order valence-corrected chi connectivity index (χ4v) is 4.26. The van der Waals surface area contributed by atoms with Gasteiger partial charge in [-0.15, -0.1) is 0 Å².